The molecule has 4 heteroatoms. The second-order valence-corrected chi connectivity index (χ2v) is 5.50. The summed E-state index contributed by atoms with van der Waals surface area (Å²) in [5.74, 6) is 0.237. The Hall–Kier alpha value is -2.10. The molecule has 0 radical (unpaired) electrons. The minimum absolute atomic E-state index is 0.237. The standard InChI is InChI=1S/C16H19N3O/c1-18(2)13-8-6-12(7-9-13)11-19-15-4-3-5-16(20)14(15)10-17-19/h6-10H,3-5,11H2,1-2H3. The number of nitrogens with zero attached hydrogens (tertiary/aromatic N) is 3. The van der Waals surface area contributed by atoms with Crippen LogP contribution in [0.5, 0.6) is 0 Å². The molecular formula is C16H19N3O. The van der Waals surface area contributed by atoms with Crippen molar-refractivity contribution in [1.29, 1.82) is 0 Å². The monoisotopic (exact) mass is 269 g/mol. The van der Waals surface area contributed by atoms with Crippen molar-refractivity contribution in [2.45, 2.75) is 25.8 Å². The van der Waals surface area contributed by atoms with Crippen LogP contribution in [-0.2, 0) is 13.0 Å². The summed E-state index contributed by atoms with van der Waals surface area (Å²) < 4.78 is 1.97. The van der Waals surface area contributed by atoms with Crippen molar-refractivity contribution in [3.05, 3.63) is 47.3 Å². The van der Waals surface area contributed by atoms with Gasteiger partial charge in [0.1, 0.15) is 0 Å². The summed E-state index contributed by atoms with van der Waals surface area (Å²) in [6.07, 6.45) is 4.29. The summed E-state index contributed by atoms with van der Waals surface area (Å²) in [4.78, 5) is 13.9. The first-order chi connectivity index (χ1) is 9.65. The third kappa shape index (κ3) is 2.33. The second kappa shape index (κ2) is 5.12. The first-order valence-electron chi connectivity index (χ1n) is 6.99. The molecule has 0 spiro atoms. The summed E-state index contributed by atoms with van der Waals surface area (Å²) in [5, 5.41) is 4.39. The number of rotatable bonds is 3. The van der Waals surface area contributed by atoms with E-state index in [1.807, 2.05) is 18.8 Å². The molecule has 0 aliphatic heterocycles. The Kier molecular flexibility index (Phi) is 3.30. The number of ketones is 1. The molecule has 0 fully saturated rings. The van der Waals surface area contributed by atoms with Gasteiger partial charge >= 0.3 is 0 Å². The molecule has 4 nitrogen and oxygen atoms in total. The molecule has 1 aromatic heterocycles. The van der Waals surface area contributed by atoms with Crippen molar-refractivity contribution < 1.29 is 4.79 Å². The zero-order valence-corrected chi connectivity index (χ0v) is 12.0. The van der Waals surface area contributed by atoms with E-state index in [0.717, 1.165) is 30.6 Å². The van der Waals surface area contributed by atoms with Gasteiger partial charge in [0.05, 0.1) is 18.3 Å². The SMILES string of the molecule is CN(C)c1ccc(Cn2ncc3c2CCCC3=O)cc1. The predicted molar refractivity (Wildman–Crippen MR) is 79.4 cm³/mol. The van der Waals surface area contributed by atoms with Gasteiger partial charge in [0.15, 0.2) is 5.78 Å². The number of benzene rings is 1. The molecule has 3 rings (SSSR count). The normalized spacial score (nSPS) is 14.2. The van der Waals surface area contributed by atoms with E-state index in [4.69, 9.17) is 0 Å². The Labute approximate surface area is 119 Å². The van der Waals surface area contributed by atoms with Crippen LogP contribution in [0.4, 0.5) is 5.69 Å². The van der Waals surface area contributed by atoms with Gasteiger partial charge in [-0.3, -0.25) is 9.48 Å². The largest absolute Gasteiger partial charge is 0.378 e. The molecule has 0 unspecified atom stereocenters. The van der Waals surface area contributed by atoms with E-state index < -0.39 is 0 Å². The first kappa shape index (κ1) is 12.9. The Morgan fingerprint density at radius 1 is 1.20 bits per heavy atom. The molecule has 0 atom stereocenters. The number of carbonyl (C=O) groups is 1. The smallest absolute Gasteiger partial charge is 0.166 e. The van der Waals surface area contributed by atoms with Crippen LogP contribution in [0.15, 0.2) is 30.5 Å². The van der Waals surface area contributed by atoms with Gasteiger partial charge in [0.25, 0.3) is 0 Å². The van der Waals surface area contributed by atoms with Crippen molar-refractivity contribution in [1.82, 2.24) is 9.78 Å². The second-order valence-electron chi connectivity index (χ2n) is 5.50. The van der Waals surface area contributed by atoms with E-state index in [2.05, 4.69) is 34.3 Å². The molecule has 104 valence electrons. The van der Waals surface area contributed by atoms with Gasteiger partial charge in [-0.15, -0.1) is 0 Å². The minimum Gasteiger partial charge on any atom is -0.378 e. The molecule has 0 bridgehead atoms. The highest BCUT2D eigenvalue weighted by atomic mass is 16.1. The van der Waals surface area contributed by atoms with Gasteiger partial charge in [0.2, 0.25) is 0 Å². The number of hydrogen-bond acceptors (Lipinski definition) is 3. The van der Waals surface area contributed by atoms with Crippen molar-refractivity contribution in [3.63, 3.8) is 0 Å². The molecule has 0 saturated carbocycles. The van der Waals surface area contributed by atoms with E-state index in [1.165, 1.54) is 11.3 Å². The summed E-state index contributed by atoms with van der Waals surface area (Å²) in [6, 6.07) is 8.45. The van der Waals surface area contributed by atoms with Gasteiger partial charge in [-0.25, -0.2) is 0 Å². The Balaban J connectivity index is 1.83. The fraction of sp³-hybridized carbons (Fsp3) is 0.375. The fourth-order valence-corrected chi connectivity index (χ4v) is 2.67. The van der Waals surface area contributed by atoms with Crippen molar-refractivity contribution >= 4 is 11.5 Å². The number of hydrogen-bond donors (Lipinski definition) is 0. The topological polar surface area (TPSA) is 38.1 Å². The molecule has 0 saturated heterocycles. The molecule has 0 N–H and O–H groups in total. The summed E-state index contributed by atoms with van der Waals surface area (Å²) >= 11 is 0. The van der Waals surface area contributed by atoms with Gasteiger partial charge in [-0.2, -0.15) is 5.10 Å². The van der Waals surface area contributed by atoms with Crippen LogP contribution in [0.25, 0.3) is 0 Å². The van der Waals surface area contributed by atoms with Gasteiger partial charge in [0, 0.05) is 31.9 Å². The van der Waals surface area contributed by atoms with Crippen LogP contribution < -0.4 is 4.90 Å². The summed E-state index contributed by atoms with van der Waals surface area (Å²) in [7, 11) is 4.06. The summed E-state index contributed by atoms with van der Waals surface area (Å²) in [6.45, 7) is 0.732. The number of fused-ring (bicyclic) bond motifs is 1. The maximum absolute atomic E-state index is 11.8. The van der Waals surface area contributed by atoms with Crippen LogP contribution in [0.3, 0.4) is 0 Å². The van der Waals surface area contributed by atoms with E-state index in [9.17, 15) is 4.79 Å². The lowest BCUT2D eigenvalue weighted by Gasteiger charge is -2.15. The molecule has 20 heavy (non-hydrogen) atoms. The molecule has 2 aromatic rings. The minimum atomic E-state index is 0.237. The quantitative estimate of drug-likeness (QED) is 0.859. The lowest BCUT2D eigenvalue weighted by atomic mass is 9.97. The summed E-state index contributed by atoms with van der Waals surface area (Å²) in [5.41, 5.74) is 4.31. The number of anilines is 1. The maximum atomic E-state index is 11.8. The van der Waals surface area contributed by atoms with Gasteiger partial charge < -0.3 is 4.90 Å². The molecule has 1 heterocycles. The van der Waals surface area contributed by atoms with E-state index in [0.29, 0.717) is 6.42 Å². The maximum Gasteiger partial charge on any atom is 0.166 e. The van der Waals surface area contributed by atoms with Crippen molar-refractivity contribution in [3.8, 4) is 0 Å². The van der Waals surface area contributed by atoms with Crippen molar-refractivity contribution in [2.24, 2.45) is 0 Å². The molecule has 1 aromatic carbocycles. The van der Waals surface area contributed by atoms with Gasteiger partial charge in [-0.05, 0) is 30.5 Å². The number of carbonyl (C=O) groups excluding carboxylic acids is 1. The molecule has 1 aliphatic carbocycles. The third-order valence-electron chi connectivity index (χ3n) is 3.85. The van der Waals surface area contributed by atoms with E-state index in [1.54, 1.807) is 6.20 Å². The number of aromatic nitrogens is 2. The number of Topliss-reactive ketones (excluding diaryl/α,β-unsaturated/α-hetero) is 1. The highest BCUT2D eigenvalue weighted by molar-refractivity contribution is 5.97. The van der Waals surface area contributed by atoms with Crippen LogP contribution in [-0.4, -0.2) is 29.7 Å². The highest BCUT2D eigenvalue weighted by Crippen LogP contribution is 2.22. The average Bonchev–Trinajstić information content (AvgIpc) is 2.84. The lowest BCUT2D eigenvalue weighted by molar-refractivity contribution is 0.0972. The van der Waals surface area contributed by atoms with Gasteiger partial charge in [-0.1, -0.05) is 12.1 Å². The average molecular weight is 269 g/mol. The van der Waals surface area contributed by atoms with Crippen LogP contribution in [0, 0.1) is 0 Å². The predicted octanol–water partition coefficient (Wildman–Crippen LogP) is 2.52. The zero-order valence-electron chi connectivity index (χ0n) is 12.0. The van der Waals surface area contributed by atoms with Crippen LogP contribution in [0.1, 0.15) is 34.5 Å². The molecule has 1 aliphatic rings. The molecule has 0 amide bonds. The first-order valence-corrected chi connectivity index (χ1v) is 6.99. The molecular weight excluding hydrogens is 250 g/mol. The van der Waals surface area contributed by atoms with Crippen LogP contribution in [0.2, 0.25) is 0 Å². The van der Waals surface area contributed by atoms with Crippen molar-refractivity contribution in [2.75, 3.05) is 19.0 Å². The highest BCUT2D eigenvalue weighted by Gasteiger charge is 2.21. The van der Waals surface area contributed by atoms with E-state index in [-0.39, 0.29) is 5.78 Å². The Morgan fingerprint density at radius 2 is 1.95 bits per heavy atom. The third-order valence-corrected chi connectivity index (χ3v) is 3.85. The fourth-order valence-electron chi connectivity index (χ4n) is 2.67. The Bertz CT molecular complexity index is 626. The van der Waals surface area contributed by atoms with Crippen LogP contribution >= 0.6 is 0 Å². The lowest BCUT2D eigenvalue weighted by Crippen LogP contribution is -2.14. The zero-order chi connectivity index (χ0) is 14.1. The van der Waals surface area contributed by atoms with E-state index >= 15 is 0 Å². The Morgan fingerprint density at radius 3 is 2.65 bits per heavy atom.